The lowest BCUT2D eigenvalue weighted by Gasteiger charge is -2.31. The van der Waals surface area contributed by atoms with Crippen LogP contribution in [0.2, 0.25) is 5.02 Å². The molecule has 1 aromatic rings. The van der Waals surface area contributed by atoms with Crippen molar-refractivity contribution in [3.05, 3.63) is 20.8 Å². The van der Waals surface area contributed by atoms with E-state index in [4.69, 9.17) is 16.7 Å². The van der Waals surface area contributed by atoms with Gasteiger partial charge in [0.05, 0.1) is 11.1 Å². The minimum Gasteiger partial charge on any atom is -0.393 e. The van der Waals surface area contributed by atoms with Crippen molar-refractivity contribution < 1.29 is 9.90 Å². The summed E-state index contributed by atoms with van der Waals surface area (Å²) in [6.45, 7) is 1.88. The number of amides is 1. The molecule has 82 valence electrons. The highest BCUT2D eigenvalue weighted by molar-refractivity contribution is 7.13. The van der Waals surface area contributed by atoms with Crippen LogP contribution >= 0.6 is 22.9 Å². The van der Waals surface area contributed by atoms with Gasteiger partial charge in [-0.05, 0) is 30.7 Å². The summed E-state index contributed by atoms with van der Waals surface area (Å²) in [6, 6.07) is 0.103. The molecule has 1 aromatic heterocycles. The Labute approximate surface area is 97.1 Å². The zero-order valence-corrected chi connectivity index (χ0v) is 9.86. The summed E-state index contributed by atoms with van der Waals surface area (Å²) in [5.74, 6) is -0.130. The Bertz CT molecular complexity index is 385. The number of aliphatic hydroxyl groups excluding tert-OH is 1. The van der Waals surface area contributed by atoms with E-state index in [1.54, 1.807) is 0 Å². The van der Waals surface area contributed by atoms with Crippen LogP contribution in [-0.4, -0.2) is 23.2 Å². The number of nitrogens with one attached hydrogen (secondary N) is 1. The Hall–Kier alpha value is -0.580. The smallest absolute Gasteiger partial charge is 0.263 e. The Morgan fingerprint density at radius 3 is 2.80 bits per heavy atom. The van der Waals surface area contributed by atoms with Gasteiger partial charge in [0.15, 0.2) is 0 Å². The molecule has 0 aromatic carbocycles. The van der Waals surface area contributed by atoms with Crippen LogP contribution in [0.4, 0.5) is 0 Å². The lowest BCUT2D eigenvalue weighted by Crippen LogP contribution is -2.46. The third-order valence-corrected chi connectivity index (χ3v) is 4.25. The van der Waals surface area contributed by atoms with Crippen LogP contribution < -0.4 is 5.32 Å². The number of carbonyl (C=O) groups excluding carboxylic acids is 1. The van der Waals surface area contributed by atoms with E-state index in [9.17, 15) is 4.79 Å². The van der Waals surface area contributed by atoms with E-state index in [0.717, 1.165) is 5.56 Å². The molecule has 0 atom stereocenters. The monoisotopic (exact) mass is 245 g/mol. The summed E-state index contributed by atoms with van der Waals surface area (Å²) in [4.78, 5) is 12.3. The van der Waals surface area contributed by atoms with Crippen molar-refractivity contribution in [2.75, 3.05) is 0 Å². The van der Waals surface area contributed by atoms with Crippen molar-refractivity contribution in [2.45, 2.75) is 31.9 Å². The van der Waals surface area contributed by atoms with Crippen LogP contribution in [0.5, 0.6) is 0 Å². The molecule has 1 heterocycles. The largest absolute Gasteiger partial charge is 0.393 e. The number of rotatable bonds is 2. The van der Waals surface area contributed by atoms with Gasteiger partial charge in [-0.2, -0.15) is 0 Å². The summed E-state index contributed by atoms with van der Waals surface area (Å²) in [5.41, 5.74) is 0.931. The zero-order chi connectivity index (χ0) is 11.0. The number of thiophene rings is 1. The van der Waals surface area contributed by atoms with Gasteiger partial charge in [-0.3, -0.25) is 4.79 Å². The maximum absolute atomic E-state index is 11.7. The average Bonchev–Trinajstić information content (AvgIpc) is 2.45. The maximum Gasteiger partial charge on any atom is 0.263 e. The molecule has 0 radical (unpaired) electrons. The number of carbonyl (C=O) groups is 1. The average molecular weight is 246 g/mol. The van der Waals surface area contributed by atoms with Gasteiger partial charge in [0.2, 0.25) is 0 Å². The molecule has 0 spiro atoms. The van der Waals surface area contributed by atoms with Crippen molar-refractivity contribution in [2.24, 2.45) is 0 Å². The maximum atomic E-state index is 11.7. The fraction of sp³-hybridized carbons (Fsp3) is 0.500. The molecule has 1 saturated carbocycles. The van der Waals surface area contributed by atoms with E-state index < -0.39 is 0 Å². The lowest BCUT2D eigenvalue weighted by molar-refractivity contribution is 0.0564. The summed E-state index contributed by atoms with van der Waals surface area (Å²) < 4.78 is 0. The molecular weight excluding hydrogens is 234 g/mol. The molecule has 1 aliphatic rings. The normalized spacial score (nSPS) is 24.7. The van der Waals surface area contributed by atoms with Crippen LogP contribution in [0, 0.1) is 6.92 Å². The number of hydrogen-bond donors (Lipinski definition) is 2. The van der Waals surface area contributed by atoms with Gasteiger partial charge in [0.1, 0.15) is 4.88 Å². The predicted molar refractivity (Wildman–Crippen MR) is 60.6 cm³/mol. The number of halogens is 1. The van der Waals surface area contributed by atoms with Gasteiger partial charge < -0.3 is 10.4 Å². The first-order valence-corrected chi connectivity index (χ1v) is 6.06. The Morgan fingerprint density at radius 1 is 1.67 bits per heavy atom. The molecule has 2 rings (SSSR count). The molecule has 2 N–H and O–H groups in total. The molecule has 3 nitrogen and oxygen atoms in total. The molecule has 0 bridgehead atoms. The Morgan fingerprint density at radius 2 is 2.33 bits per heavy atom. The van der Waals surface area contributed by atoms with Crippen molar-refractivity contribution in [1.29, 1.82) is 0 Å². The molecule has 1 amide bonds. The van der Waals surface area contributed by atoms with Gasteiger partial charge in [-0.15, -0.1) is 11.3 Å². The minimum absolute atomic E-state index is 0.103. The molecule has 0 unspecified atom stereocenters. The van der Waals surface area contributed by atoms with Crippen molar-refractivity contribution in [1.82, 2.24) is 5.32 Å². The predicted octanol–water partition coefficient (Wildman–Crippen LogP) is 1.96. The van der Waals surface area contributed by atoms with Gasteiger partial charge in [0.25, 0.3) is 5.91 Å². The fourth-order valence-corrected chi connectivity index (χ4v) is 2.72. The summed E-state index contributed by atoms with van der Waals surface area (Å²) in [6.07, 6.45) is 1.04. The molecule has 15 heavy (non-hydrogen) atoms. The highest BCUT2D eigenvalue weighted by Crippen LogP contribution is 2.28. The zero-order valence-electron chi connectivity index (χ0n) is 8.29. The van der Waals surface area contributed by atoms with Crippen LogP contribution in [0.15, 0.2) is 5.38 Å². The fourth-order valence-electron chi connectivity index (χ4n) is 1.54. The summed E-state index contributed by atoms with van der Waals surface area (Å²) in [7, 11) is 0. The van der Waals surface area contributed by atoms with E-state index in [-0.39, 0.29) is 18.1 Å². The third kappa shape index (κ3) is 2.17. The first-order valence-electron chi connectivity index (χ1n) is 4.80. The first kappa shape index (κ1) is 10.9. The number of aryl methyl sites for hydroxylation is 1. The van der Waals surface area contributed by atoms with Gasteiger partial charge in [-0.1, -0.05) is 11.6 Å². The van der Waals surface area contributed by atoms with Crippen molar-refractivity contribution in [3.63, 3.8) is 0 Å². The van der Waals surface area contributed by atoms with Crippen LogP contribution in [0.1, 0.15) is 28.1 Å². The van der Waals surface area contributed by atoms with Gasteiger partial charge in [-0.25, -0.2) is 0 Å². The van der Waals surface area contributed by atoms with Crippen LogP contribution in [0.25, 0.3) is 0 Å². The third-order valence-electron chi connectivity index (χ3n) is 2.55. The second-order valence-electron chi connectivity index (χ2n) is 3.86. The highest BCUT2D eigenvalue weighted by atomic mass is 35.5. The lowest BCUT2D eigenvalue weighted by atomic mass is 9.89. The van der Waals surface area contributed by atoms with E-state index in [1.165, 1.54) is 11.3 Å². The molecular formula is C10H12ClNO2S. The van der Waals surface area contributed by atoms with Crippen LogP contribution in [0.3, 0.4) is 0 Å². The van der Waals surface area contributed by atoms with Crippen molar-refractivity contribution >= 4 is 28.8 Å². The quantitative estimate of drug-likeness (QED) is 0.837. The molecule has 1 aliphatic carbocycles. The number of aliphatic hydroxyl groups is 1. The van der Waals surface area contributed by atoms with E-state index in [0.29, 0.717) is 22.7 Å². The van der Waals surface area contributed by atoms with E-state index in [2.05, 4.69) is 5.32 Å². The first-order chi connectivity index (χ1) is 7.08. The van der Waals surface area contributed by atoms with E-state index >= 15 is 0 Å². The van der Waals surface area contributed by atoms with Crippen LogP contribution in [-0.2, 0) is 0 Å². The van der Waals surface area contributed by atoms with Gasteiger partial charge in [0, 0.05) is 6.04 Å². The highest BCUT2D eigenvalue weighted by Gasteiger charge is 2.29. The Balaban J connectivity index is 1.99. The number of hydrogen-bond acceptors (Lipinski definition) is 3. The Kier molecular flexibility index (Phi) is 3.00. The van der Waals surface area contributed by atoms with Gasteiger partial charge >= 0.3 is 0 Å². The summed E-state index contributed by atoms with van der Waals surface area (Å²) in [5, 5.41) is 14.3. The molecule has 0 aliphatic heterocycles. The topological polar surface area (TPSA) is 49.3 Å². The molecule has 5 heteroatoms. The second kappa shape index (κ2) is 4.12. The minimum atomic E-state index is -0.254. The van der Waals surface area contributed by atoms with E-state index in [1.807, 2.05) is 12.3 Å². The second-order valence-corrected chi connectivity index (χ2v) is 5.12. The van der Waals surface area contributed by atoms with Crippen molar-refractivity contribution in [3.8, 4) is 0 Å². The summed E-state index contributed by atoms with van der Waals surface area (Å²) >= 11 is 7.33. The standard InChI is InChI=1S/C10H12ClNO2S/c1-5-4-15-9(8(5)11)10(14)12-6-2-7(13)3-6/h4,6-7,13H,2-3H2,1H3,(H,12,14). The molecule has 1 fully saturated rings. The molecule has 0 saturated heterocycles. The SMILES string of the molecule is Cc1csc(C(=O)NC2CC(O)C2)c1Cl.